The second kappa shape index (κ2) is 9.57. The van der Waals surface area contributed by atoms with Gasteiger partial charge in [-0.2, -0.15) is 5.10 Å². The highest BCUT2D eigenvalue weighted by Gasteiger charge is 2.24. The van der Waals surface area contributed by atoms with Crippen LogP contribution in [0.15, 0.2) is 30.3 Å². The molecule has 28 heavy (non-hydrogen) atoms. The lowest BCUT2D eigenvalue weighted by Gasteiger charge is -2.36. The van der Waals surface area contributed by atoms with Crippen molar-refractivity contribution in [3.63, 3.8) is 0 Å². The van der Waals surface area contributed by atoms with E-state index in [4.69, 9.17) is 11.6 Å². The van der Waals surface area contributed by atoms with Crippen LogP contribution >= 0.6 is 11.6 Å². The Morgan fingerprint density at radius 3 is 2.64 bits per heavy atom. The third-order valence-electron chi connectivity index (χ3n) is 5.74. The summed E-state index contributed by atoms with van der Waals surface area (Å²) in [6, 6.07) is 9.98. The molecule has 2 heterocycles. The largest absolute Gasteiger partial charge is 0.325 e. The van der Waals surface area contributed by atoms with Crippen molar-refractivity contribution in [2.75, 3.05) is 18.4 Å². The number of nitrogens with zero attached hydrogens (tertiary/aromatic N) is 3. The SMILES string of the molecule is Cc1cc(C)n(CC(C)N2CCC(CCC(=O)Nc3ccccc3Cl)CC2)n1. The average Bonchev–Trinajstić information content (AvgIpc) is 2.99. The molecule has 0 saturated carbocycles. The summed E-state index contributed by atoms with van der Waals surface area (Å²) in [6.45, 7) is 9.57. The monoisotopic (exact) mass is 402 g/mol. The predicted molar refractivity (Wildman–Crippen MR) is 115 cm³/mol. The summed E-state index contributed by atoms with van der Waals surface area (Å²) >= 11 is 6.11. The van der Waals surface area contributed by atoms with Gasteiger partial charge in [0, 0.05) is 18.2 Å². The molecule has 3 rings (SSSR count). The van der Waals surface area contributed by atoms with E-state index in [1.54, 1.807) is 6.07 Å². The van der Waals surface area contributed by atoms with Gasteiger partial charge >= 0.3 is 0 Å². The van der Waals surface area contributed by atoms with Gasteiger partial charge in [-0.3, -0.25) is 14.4 Å². The number of nitrogens with one attached hydrogen (secondary N) is 1. The maximum atomic E-state index is 12.2. The van der Waals surface area contributed by atoms with Crippen molar-refractivity contribution in [3.05, 3.63) is 46.7 Å². The molecule has 1 aromatic carbocycles. The molecule has 0 spiro atoms. The van der Waals surface area contributed by atoms with Crippen molar-refractivity contribution in [3.8, 4) is 0 Å². The molecular weight excluding hydrogens is 372 g/mol. The van der Waals surface area contributed by atoms with Gasteiger partial charge in [-0.1, -0.05) is 23.7 Å². The van der Waals surface area contributed by atoms with Gasteiger partial charge in [-0.25, -0.2) is 0 Å². The van der Waals surface area contributed by atoms with E-state index >= 15 is 0 Å². The van der Waals surface area contributed by atoms with Gasteiger partial charge in [0.25, 0.3) is 0 Å². The molecule has 1 fully saturated rings. The summed E-state index contributed by atoms with van der Waals surface area (Å²) in [4.78, 5) is 14.8. The molecule has 1 saturated heterocycles. The molecule has 1 atom stereocenters. The maximum Gasteiger partial charge on any atom is 0.224 e. The number of para-hydroxylation sites is 1. The number of rotatable bonds is 7. The molecule has 2 aromatic rings. The molecule has 0 bridgehead atoms. The molecule has 1 amide bonds. The standard InChI is InChI=1S/C22H31ClN4O/c1-16-14-17(2)27(25-16)15-18(3)26-12-10-19(11-13-26)8-9-22(28)24-21-7-5-4-6-20(21)23/h4-7,14,18-19H,8-13,15H2,1-3H3,(H,24,28). The fourth-order valence-electron chi connectivity index (χ4n) is 4.02. The molecule has 1 unspecified atom stereocenters. The van der Waals surface area contributed by atoms with Crippen LogP contribution in [0, 0.1) is 19.8 Å². The normalized spacial score (nSPS) is 16.9. The number of likely N-dealkylation sites (tertiary alicyclic amines) is 1. The molecule has 1 aliphatic heterocycles. The van der Waals surface area contributed by atoms with Crippen molar-refractivity contribution in [1.82, 2.24) is 14.7 Å². The number of halogens is 1. The number of carbonyl (C=O) groups excluding carboxylic acids is 1. The number of hydrogen-bond donors (Lipinski definition) is 1. The first-order valence-corrected chi connectivity index (χ1v) is 10.6. The lowest BCUT2D eigenvalue weighted by molar-refractivity contribution is -0.116. The fourth-order valence-corrected chi connectivity index (χ4v) is 4.20. The first-order valence-electron chi connectivity index (χ1n) is 10.2. The van der Waals surface area contributed by atoms with Gasteiger partial charge in [0.15, 0.2) is 0 Å². The Morgan fingerprint density at radius 1 is 1.29 bits per heavy atom. The molecular formula is C22H31ClN4O. The van der Waals surface area contributed by atoms with Crippen LogP contribution in [0.1, 0.15) is 44.0 Å². The number of anilines is 1. The number of aryl methyl sites for hydroxylation is 2. The van der Waals surface area contributed by atoms with Gasteiger partial charge in [-0.05, 0) is 77.2 Å². The second-order valence-corrected chi connectivity index (χ2v) is 8.41. The first kappa shape index (κ1) is 20.9. The van der Waals surface area contributed by atoms with E-state index in [9.17, 15) is 4.79 Å². The zero-order valence-electron chi connectivity index (χ0n) is 17.1. The lowest BCUT2D eigenvalue weighted by atomic mass is 9.91. The number of hydrogen-bond acceptors (Lipinski definition) is 3. The third kappa shape index (κ3) is 5.58. The Hall–Kier alpha value is -1.85. The molecule has 1 aromatic heterocycles. The van der Waals surface area contributed by atoms with Crippen LogP contribution in [0.25, 0.3) is 0 Å². The van der Waals surface area contributed by atoms with E-state index in [2.05, 4.69) is 39.9 Å². The van der Waals surface area contributed by atoms with E-state index in [0.29, 0.717) is 29.1 Å². The van der Waals surface area contributed by atoms with Crippen molar-refractivity contribution in [2.45, 2.75) is 59.0 Å². The highest BCUT2D eigenvalue weighted by Crippen LogP contribution is 2.25. The Bertz CT molecular complexity index is 796. The van der Waals surface area contributed by atoms with E-state index in [1.165, 1.54) is 5.69 Å². The summed E-state index contributed by atoms with van der Waals surface area (Å²) in [5.74, 6) is 0.669. The zero-order valence-corrected chi connectivity index (χ0v) is 17.9. The fraction of sp³-hybridized carbons (Fsp3) is 0.545. The van der Waals surface area contributed by atoms with Crippen molar-refractivity contribution < 1.29 is 4.79 Å². The van der Waals surface area contributed by atoms with Crippen LogP contribution in [0.2, 0.25) is 5.02 Å². The minimum absolute atomic E-state index is 0.0495. The number of amides is 1. The average molecular weight is 403 g/mol. The minimum atomic E-state index is 0.0495. The molecule has 1 aliphatic rings. The van der Waals surface area contributed by atoms with Crippen molar-refractivity contribution in [2.24, 2.45) is 5.92 Å². The summed E-state index contributed by atoms with van der Waals surface area (Å²) < 4.78 is 2.12. The van der Waals surface area contributed by atoms with Crippen LogP contribution in [0.5, 0.6) is 0 Å². The number of piperidine rings is 1. The maximum absolute atomic E-state index is 12.2. The van der Waals surface area contributed by atoms with Gasteiger partial charge in [-0.15, -0.1) is 0 Å². The zero-order chi connectivity index (χ0) is 20.1. The van der Waals surface area contributed by atoms with Crippen LogP contribution in [-0.2, 0) is 11.3 Å². The van der Waals surface area contributed by atoms with E-state index in [-0.39, 0.29) is 5.91 Å². The van der Waals surface area contributed by atoms with Crippen molar-refractivity contribution >= 4 is 23.2 Å². The summed E-state index contributed by atoms with van der Waals surface area (Å²) in [6.07, 6.45) is 3.80. The number of benzene rings is 1. The second-order valence-electron chi connectivity index (χ2n) is 8.00. The predicted octanol–water partition coefficient (Wildman–Crippen LogP) is 4.67. The molecule has 1 N–H and O–H groups in total. The highest BCUT2D eigenvalue weighted by atomic mass is 35.5. The third-order valence-corrected chi connectivity index (χ3v) is 6.07. The summed E-state index contributed by atoms with van der Waals surface area (Å²) in [7, 11) is 0. The topological polar surface area (TPSA) is 50.2 Å². The molecule has 0 aliphatic carbocycles. The quantitative estimate of drug-likeness (QED) is 0.731. The van der Waals surface area contributed by atoms with E-state index in [1.807, 2.05) is 25.1 Å². The van der Waals surface area contributed by atoms with Gasteiger partial charge in [0.05, 0.1) is 22.9 Å². The molecule has 152 valence electrons. The molecule has 0 radical (unpaired) electrons. The van der Waals surface area contributed by atoms with Crippen LogP contribution in [0.3, 0.4) is 0 Å². The highest BCUT2D eigenvalue weighted by molar-refractivity contribution is 6.33. The van der Waals surface area contributed by atoms with Gasteiger partial charge < -0.3 is 5.32 Å². The summed E-state index contributed by atoms with van der Waals surface area (Å²) in [5.41, 5.74) is 3.00. The Morgan fingerprint density at radius 2 is 2.00 bits per heavy atom. The van der Waals surface area contributed by atoms with E-state index < -0.39 is 0 Å². The van der Waals surface area contributed by atoms with Gasteiger partial charge in [0.2, 0.25) is 5.91 Å². The Balaban J connectivity index is 1.39. The van der Waals surface area contributed by atoms with Crippen LogP contribution < -0.4 is 5.32 Å². The molecule has 6 heteroatoms. The number of carbonyl (C=O) groups is 1. The van der Waals surface area contributed by atoms with Crippen LogP contribution in [0.4, 0.5) is 5.69 Å². The number of aromatic nitrogens is 2. The Labute approximate surface area is 173 Å². The smallest absolute Gasteiger partial charge is 0.224 e. The van der Waals surface area contributed by atoms with Crippen molar-refractivity contribution in [1.29, 1.82) is 0 Å². The summed E-state index contributed by atoms with van der Waals surface area (Å²) in [5, 5.41) is 8.09. The lowest BCUT2D eigenvalue weighted by Crippen LogP contribution is -2.42. The molecule has 5 nitrogen and oxygen atoms in total. The first-order chi connectivity index (χ1) is 13.4. The van der Waals surface area contributed by atoms with Gasteiger partial charge in [0.1, 0.15) is 0 Å². The Kier molecular flexibility index (Phi) is 7.13. The minimum Gasteiger partial charge on any atom is -0.325 e. The van der Waals surface area contributed by atoms with E-state index in [0.717, 1.165) is 44.6 Å². The van der Waals surface area contributed by atoms with Crippen LogP contribution in [-0.4, -0.2) is 39.7 Å².